The maximum Gasteiger partial charge on any atom is 0.408 e. The lowest BCUT2D eigenvalue weighted by molar-refractivity contribution is -0.143. The molecule has 0 spiro atoms. The van der Waals surface area contributed by atoms with Gasteiger partial charge in [0.1, 0.15) is 19.3 Å². The van der Waals surface area contributed by atoms with Crippen molar-refractivity contribution in [3.63, 3.8) is 0 Å². The molecule has 0 aliphatic heterocycles. The molecule has 166 valence electrons. The summed E-state index contributed by atoms with van der Waals surface area (Å²) in [5.41, 5.74) is 1.75. The number of nitrogens with one attached hydrogen (secondary N) is 2. The fourth-order valence-corrected chi connectivity index (χ4v) is 2.74. The monoisotopic (exact) mass is 428 g/mol. The summed E-state index contributed by atoms with van der Waals surface area (Å²) in [6.45, 7) is 0.696. The number of unbranched alkanes of at least 4 members (excludes halogenated alkanes) is 1. The van der Waals surface area contributed by atoms with Crippen molar-refractivity contribution in [2.75, 3.05) is 13.7 Å². The van der Waals surface area contributed by atoms with Crippen LogP contribution in [-0.4, -0.2) is 37.9 Å². The number of hydrogen-bond acceptors (Lipinski definition) is 6. The van der Waals surface area contributed by atoms with Gasteiger partial charge in [-0.1, -0.05) is 60.7 Å². The van der Waals surface area contributed by atoms with Crippen molar-refractivity contribution < 1.29 is 28.6 Å². The lowest BCUT2D eigenvalue weighted by atomic mass is 10.1. The lowest BCUT2D eigenvalue weighted by Crippen LogP contribution is -2.41. The Bertz CT molecular complexity index is 813. The molecular formula is C23H28N2O6. The Hall–Kier alpha value is -3.55. The average molecular weight is 428 g/mol. The zero-order valence-corrected chi connectivity index (χ0v) is 17.5. The molecule has 0 saturated heterocycles. The Morgan fingerprint density at radius 1 is 0.806 bits per heavy atom. The minimum Gasteiger partial charge on any atom is -0.467 e. The van der Waals surface area contributed by atoms with Gasteiger partial charge in [-0.05, 0) is 30.4 Å². The van der Waals surface area contributed by atoms with Gasteiger partial charge in [-0.15, -0.1) is 0 Å². The standard InChI is InChI=1S/C23H28N2O6/c1-29-21(26)20(25-23(28)31-17-19-12-6-3-7-13-19)14-8-9-15-24-22(27)30-16-18-10-4-2-5-11-18/h2-7,10-13,20H,8-9,14-17H2,1H3,(H,24,27)(H,25,28)/t20-/m0/s1. The second-order valence-corrected chi connectivity index (χ2v) is 6.77. The molecular weight excluding hydrogens is 400 g/mol. The number of carbonyl (C=O) groups is 3. The van der Waals surface area contributed by atoms with E-state index in [-0.39, 0.29) is 13.2 Å². The number of esters is 1. The summed E-state index contributed by atoms with van der Waals surface area (Å²) in [6.07, 6.45) is 0.345. The molecule has 0 fully saturated rings. The summed E-state index contributed by atoms with van der Waals surface area (Å²) >= 11 is 0. The minimum absolute atomic E-state index is 0.107. The quantitative estimate of drug-likeness (QED) is 0.322. The molecule has 0 aliphatic carbocycles. The second kappa shape index (κ2) is 13.6. The first-order chi connectivity index (χ1) is 15.1. The highest BCUT2D eigenvalue weighted by molar-refractivity contribution is 5.81. The number of rotatable bonds is 11. The van der Waals surface area contributed by atoms with E-state index in [0.29, 0.717) is 25.8 Å². The molecule has 8 heteroatoms. The van der Waals surface area contributed by atoms with E-state index in [0.717, 1.165) is 11.1 Å². The Morgan fingerprint density at radius 3 is 1.90 bits per heavy atom. The van der Waals surface area contributed by atoms with Gasteiger partial charge in [0.25, 0.3) is 0 Å². The molecule has 0 heterocycles. The van der Waals surface area contributed by atoms with Gasteiger partial charge < -0.3 is 24.8 Å². The van der Waals surface area contributed by atoms with Gasteiger partial charge in [0, 0.05) is 6.54 Å². The number of alkyl carbamates (subject to hydrolysis) is 2. The van der Waals surface area contributed by atoms with E-state index in [1.165, 1.54) is 7.11 Å². The van der Waals surface area contributed by atoms with Crippen LogP contribution in [0, 0.1) is 0 Å². The van der Waals surface area contributed by atoms with Crippen LogP contribution in [0.5, 0.6) is 0 Å². The normalized spacial score (nSPS) is 11.1. The molecule has 8 nitrogen and oxygen atoms in total. The molecule has 2 amide bonds. The fraction of sp³-hybridized carbons (Fsp3) is 0.348. The first-order valence-electron chi connectivity index (χ1n) is 10.1. The van der Waals surface area contributed by atoms with E-state index in [1.54, 1.807) is 0 Å². The van der Waals surface area contributed by atoms with Crippen LogP contribution in [-0.2, 0) is 32.2 Å². The summed E-state index contributed by atoms with van der Waals surface area (Å²) in [4.78, 5) is 35.7. The van der Waals surface area contributed by atoms with Gasteiger partial charge in [0.05, 0.1) is 7.11 Å². The lowest BCUT2D eigenvalue weighted by Gasteiger charge is -2.16. The van der Waals surface area contributed by atoms with Crippen LogP contribution in [0.15, 0.2) is 60.7 Å². The van der Waals surface area contributed by atoms with Crippen LogP contribution >= 0.6 is 0 Å². The summed E-state index contributed by atoms with van der Waals surface area (Å²) in [5.74, 6) is -0.549. The number of methoxy groups -OCH3 is 1. The van der Waals surface area contributed by atoms with E-state index in [9.17, 15) is 14.4 Å². The summed E-state index contributed by atoms with van der Waals surface area (Å²) < 4.78 is 15.0. The summed E-state index contributed by atoms with van der Waals surface area (Å²) in [6, 6.07) is 17.8. The van der Waals surface area contributed by atoms with Crippen molar-refractivity contribution in [1.29, 1.82) is 0 Å². The molecule has 2 N–H and O–H groups in total. The van der Waals surface area contributed by atoms with Crippen molar-refractivity contribution in [3.05, 3.63) is 71.8 Å². The van der Waals surface area contributed by atoms with Crippen LogP contribution in [0.4, 0.5) is 9.59 Å². The Morgan fingerprint density at radius 2 is 1.35 bits per heavy atom. The van der Waals surface area contributed by atoms with Gasteiger partial charge in [-0.25, -0.2) is 14.4 Å². The van der Waals surface area contributed by atoms with Gasteiger partial charge in [0.2, 0.25) is 0 Å². The number of carbonyl (C=O) groups excluding carboxylic acids is 3. The Labute approximate surface area is 181 Å². The maximum atomic E-state index is 12.0. The predicted octanol–water partition coefficient (Wildman–Crippen LogP) is 3.55. The smallest absolute Gasteiger partial charge is 0.408 e. The van der Waals surface area contributed by atoms with Crippen LogP contribution in [0.1, 0.15) is 30.4 Å². The zero-order chi connectivity index (χ0) is 22.3. The molecule has 0 radical (unpaired) electrons. The van der Waals surface area contributed by atoms with Crippen molar-refractivity contribution in [3.8, 4) is 0 Å². The van der Waals surface area contributed by atoms with Crippen molar-refractivity contribution in [1.82, 2.24) is 10.6 Å². The first-order valence-corrected chi connectivity index (χ1v) is 10.1. The van der Waals surface area contributed by atoms with Gasteiger partial charge in [-0.3, -0.25) is 0 Å². The van der Waals surface area contributed by atoms with Crippen molar-refractivity contribution in [2.45, 2.75) is 38.5 Å². The SMILES string of the molecule is COC(=O)[C@H](CCCCNC(=O)OCc1ccccc1)NC(=O)OCc1ccccc1. The van der Waals surface area contributed by atoms with E-state index in [4.69, 9.17) is 14.2 Å². The number of amides is 2. The number of hydrogen-bond donors (Lipinski definition) is 2. The molecule has 0 bridgehead atoms. The molecule has 2 aromatic carbocycles. The van der Waals surface area contributed by atoms with Crippen LogP contribution < -0.4 is 10.6 Å². The van der Waals surface area contributed by atoms with Crippen LogP contribution in [0.25, 0.3) is 0 Å². The summed E-state index contributed by atoms with van der Waals surface area (Å²) in [7, 11) is 1.26. The molecule has 0 aliphatic rings. The molecule has 2 aromatic rings. The minimum atomic E-state index is -0.821. The zero-order valence-electron chi connectivity index (χ0n) is 17.5. The first kappa shape index (κ1) is 23.7. The fourth-order valence-electron chi connectivity index (χ4n) is 2.74. The maximum absolute atomic E-state index is 12.0. The molecule has 0 saturated carbocycles. The van der Waals surface area contributed by atoms with Crippen LogP contribution in [0.2, 0.25) is 0 Å². The van der Waals surface area contributed by atoms with Gasteiger partial charge in [-0.2, -0.15) is 0 Å². The van der Waals surface area contributed by atoms with Crippen molar-refractivity contribution in [2.24, 2.45) is 0 Å². The predicted molar refractivity (Wildman–Crippen MR) is 114 cm³/mol. The molecule has 0 unspecified atom stereocenters. The molecule has 1 atom stereocenters. The highest BCUT2D eigenvalue weighted by atomic mass is 16.6. The molecule has 31 heavy (non-hydrogen) atoms. The third-order valence-electron chi connectivity index (χ3n) is 4.39. The summed E-state index contributed by atoms with van der Waals surface area (Å²) in [5, 5.41) is 5.19. The molecule has 0 aromatic heterocycles. The topological polar surface area (TPSA) is 103 Å². The van der Waals surface area contributed by atoms with Gasteiger partial charge >= 0.3 is 18.2 Å². The van der Waals surface area contributed by atoms with E-state index in [1.807, 2.05) is 60.7 Å². The average Bonchev–Trinajstić information content (AvgIpc) is 2.81. The van der Waals surface area contributed by atoms with E-state index >= 15 is 0 Å². The van der Waals surface area contributed by atoms with E-state index < -0.39 is 24.2 Å². The van der Waals surface area contributed by atoms with E-state index in [2.05, 4.69) is 10.6 Å². The third-order valence-corrected chi connectivity index (χ3v) is 4.39. The Balaban J connectivity index is 1.63. The second-order valence-electron chi connectivity index (χ2n) is 6.77. The molecule has 2 rings (SSSR count). The van der Waals surface area contributed by atoms with Crippen LogP contribution in [0.3, 0.4) is 0 Å². The highest BCUT2D eigenvalue weighted by Crippen LogP contribution is 2.06. The Kier molecular flexibility index (Phi) is 10.4. The number of ether oxygens (including phenoxy) is 3. The van der Waals surface area contributed by atoms with Crippen molar-refractivity contribution >= 4 is 18.2 Å². The largest absolute Gasteiger partial charge is 0.467 e. The number of benzene rings is 2. The highest BCUT2D eigenvalue weighted by Gasteiger charge is 2.21. The van der Waals surface area contributed by atoms with Gasteiger partial charge in [0.15, 0.2) is 0 Å². The third kappa shape index (κ3) is 9.66.